The summed E-state index contributed by atoms with van der Waals surface area (Å²) in [6.45, 7) is 3.48. The molecule has 2 amide bonds. The summed E-state index contributed by atoms with van der Waals surface area (Å²) in [6, 6.07) is 7.96. The number of likely N-dealkylation sites (tertiary alicyclic amines) is 1. The number of hydrogen-bond acceptors (Lipinski definition) is 4. The van der Waals surface area contributed by atoms with Gasteiger partial charge >= 0.3 is 5.97 Å². The highest BCUT2D eigenvalue weighted by molar-refractivity contribution is 5.89. The van der Waals surface area contributed by atoms with E-state index in [0.717, 1.165) is 11.1 Å². The summed E-state index contributed by atoms with van der Waals surface area (Å²) in [4.78, 5) is 39.2. The van der Waals surface area contributed by atoms with Gasteiger partial charge in [-0.1, -0.05) is 29.8 Å². The zero-order valence-corrected chi connectivity index (χ0v) is 14.2. The van der Waals surface area contributed by atoms with E-state index >= 15 is 0 Å². The Bertz CT molecular complexity index is 673. The van der Waals surface area contributed by atoms with Gasteiger partial charge < -0.3 is 19.6 Å². The number of carboxylic acid groups (broad SMARTS) is 1. The number of aryl methyl sites for hydroxylation is 1. The van der Waals surface area contributed by atoms with Crippen molar-refractivity contribution in [3.8, 4) is 0 Å². The lowest BCUT2D eigenvalue weighted by molar-refractivity contribution is -0.160. The fourth-order valence-electron chi connectivity index (χ4n) is 3.26. The van der Waals surface area contributed by atoms with Crippen LogP contribution in [0.4, 0.5) is 0 Å². The van der Waals surface area contributed by atoms with Gasteiger partial charge in [-0.15, -0.1) is 0 Å². The number of amides is 2. The Morgan fingerprint density at radius 1 is 1.24 bits per heavy atom. The quantitative estimate of drug-likeness (QED) is 0.865. The first-order valence-corrected chi connectivity index (χ1v) is 8.40. The fourth-order valence-corrected chi connectivity index (χ4v) is 3.26. The third-order valence-corrected chi connectivity index (χ3v) is 4.71. The highest BCUT2D eigenvalue weighted by atomic mass is 16.5. The summed E-state index contributed by atoms with van der Waals surface area (Å²) < 4.78 is 5.14. The number of benzene rings is 1. The molecule has 2 heterocycles. The Balaban J connectivity index is 1.60. The van der Waals surface area contributed by atoms with Crippen molar-refractivity contribution in [1.29, 1.82) is 0 Å². The summed E-state index contributed by atoms with van der Waals surface area (Å²) in [6.07, 6.45) is -0.807. The van der Waals surface area contributed by atoms with E-state index in [1.807, 2.05) is 31.2 Å². The van der Waals surface area contributed by atoms with Gasteiger partial charge in [0, 0.05) is 26.1 Å². The van der Waals surface area contributed by atoms with Crippen molar-refractivity contribution in [2.24, 2.45) is 5.92 Å². The number of carbonyl (C=O) groups is 3. The number of aliphatic carboxylic acids is 1. The van der Waals surface area contributed by atoms with Crippen LogP contribution in [0.1, 0.15) is 17.5 Å². The van der Waals surface area contributed by atoms with Gasteiger partial charge in [0.2, 0.25) is 11.8 Å². The minimum absolute atomic E-state index is 0.0385. The Kier molecular flexibility index (Phi) is 5.03. The molecule has 7 heteroatoms. The monoisotopic (exact) mass is 346 g/mol. The maximum absolute atomic E-state index is 12.7. The SMILES string of the molecule is Cc1ccc(CN2C[C@@H](C(=O)N3CCO[C@H](C(=O)O)C3)CC2=O)cc1. The van der Waals surface area contributed by atoms with Crippen LogP contribution < -0.4 is 0 Å². The van der Waals surface area contributed by atoms with E-state index in [4.69, 9.17) is 9.84 Å². The van der Waals surface area contributed by atoms with E-state index in [0.29, 0.717) is 19.6 Å². The molecule has 134 valence electrons. The molecule has 2 fully saturated rings. The van der Waals surface area contributed by atoms with E-state index in [9.17, 15) is 14.4 Å². The number of hydrogen-bond donors (Lipinski definition) is 1. The molecule has 0 aromatic heterocycles. The molecule has 0 bridgehead atoms. The molecule has 0 radical (unpaired) electrons. The highest BCUT2D eigenvalue weighted by Crippen LogP contribution is 2.23. The molecule has 2 aliphatic rings. The van der Waals surface area contributed by atoms with Crippen LogP contribution in [0, 0.1) is 12.8 Å². The summed E-state index contributed by atoms with van der Waals surface area (Å²) in [7, 11) is 0. The molecule has 2 saturated heterocycles. The first-order valence-electron chi connectivity index (χ1n) is 8.40. The van der Waals surface area contributed by atoms with Crippen molar-refractivity contribution in [3.63, 3.8) is 0 Å². The molecule has 3 rings (SSSR count). The third kappa shape index (κ3) is 3.99. The summed E-state index contributed by atoms with van der Waals surface area (Å²) in [5.41, 5.74) is 2.19. The maximum Gasteiger partial charge on any atom is 0.334 e. The van der Waals surface area contributed by atoms with Crippen LogP contribution in [-0.4, -0.2) is 65.0 Å². The van der Waals surface area contributed by atoms with Crippen LogP contribution in [0.2, 0.25) is 0 Å². The van der Waals surface area contributed by atoms with Crippen LogP contribution in [0.5, 0.6) is 0 Å². The van der Waals surface area contributed by atoms with Crippen LogP contribution >= 0.6 is 0 Å². The summed E-state index contributed by atoms with van der Waals surface area (Å²) in [5, 5.41) is 9.05. The van der Waals surface area contributed by atoms with E-state index < -0.39 is 18.0 Å². The fraction of sp³-hybridized carbons (Fsp3) is 0.500. The Labute approximate surface area is 146 Å². The average molecular weight is 346 g/mol. The average Bonchev–Trinajstić information content (AvgIpc) is 2.97. The van der Waals surface area contributed by atoms with Gasteiger partial charge in [-0.2, -0.15) is 0 Å². The molecule has 0 aliphatic carbocycles. The molecule has 25 heavy (non-hydrogen) atoms. The summed E-state index contributed by atoms with van der Waals surface area (Å²) in [5.74, 6) is -1.68. The number of ether oxygens (including phenoxy) is 1. The number of carbonyl (C=O) groups excluding carboxylic acids is 2. The molecule has 7 nitrogen and oxygen atoms in total. The predicted octanol–water partition coefficient (Wildman–Crippen LogP) is 0.656. The van der Waals surface area contributed by atoms with Crippen molar-refractivity contribution >= 4 is 17.8 Å². The second kappa shape index (κ2) is 7.23. The molecule has 0 spiro atoms. The lowest BCUT2D eigenvalue weighted by Crippen LogP contribution is -2.50. The minimum atomic E-state index is -1.07. The number of rotatable bonds is 4. The lowest BCUT2D eigenvalue weighted by Gasteiger charge is -2.32. The second-order valence-electron chi connectivity index (χ2n) is 6.64. The van der Waals surface area contributed by atoms with E-state index in [1.54, 1.807) is 4.90 Å². The molecule has 2 aliphatic heterocycles. The number of morpholine rings is 1. The van der Waals surface area contributed by atoms with Crippen LogP contribution in [0.15, 0.2) is 24.3 Å². The standard InChI is InChI=1S/C18H22N2O5/c1-12-2-4-13(5-3-12)9-20-10-14(8-16(20)21)17(22)19-6-7-25-15(11-19)18(23)24/h2-5,14-15H,6-11H2,1H3,(H,23,24)/t14-,15-/m0/s1. The van der Waals surface area contributed by atoms with Gasteiger partial charge in [-0.25, -0.2) is 4.79 Å². The Morgan fingerprint density at radius 3 is 2.64 bits per heavy atom. The van der Waals surface area contributed by atoms with Crippen molar-refractivity contribution in [1.82, 2.24) is 9.80 Å². The van der Waals surface area contributed by atoms with E-state index in [-0.39, 0.29) is 31.4 Å². The van der Waals surface area contributed by atoms with Crippen molar-refractivity contribution in [2.75, 3.05) is 26.2 Å². The van der Waals surface area contributed by atoms with Crippen LogP contribution in [-0.2, 0) is 25.7 Å². The summed E-state index contributed by atoms with van der Waals surface area (Å²) >= 11 is 0. The first kappa shape index (κ1) is 17.4. The maximum atomic E-state index is 12.7. The van der Waals surface area contributed by atoms with Gasteiger partial charge in [0.15, 0.2) is 6.10 Å². The van der Waals surface area contributed by atoms with Gasteiger partial charge in [-0.05, 0) is 12.5 Å². The molecule has 0 saturated carbocycles. The minimum Gasteiger partial charge on any atom is -0.479 e. The lowest BCUT2D eigenvalue weighted by atomic mass is 10.1. The largest absolute Gasteiger partial charge is 0.479 e. The van der Waals surface area contributed by atoms with E-state index in [2.05, 4.69) is 0 Å². The molecular formula is C18H22N2O5. The van der Waals surface area contributed by atoms with Gasteiger partial charge in [0.25, 0.3) is 0 Å². The Morgan fingerprint density at radius 2 is 1.96 bits per heavy atom. The number of carboxylic acids is 1. The van der Waals surface area contributed by atoms with Gasteiger partial charge in [0.1, 0.15) is 0 Å². The number of nitrogens with zero attached hydrogens (tertiary/aromatic N) is 2. The Hall–Kier alpha value is -2.41. The molecule has 0 unspecified atom stereocenters. The molecule has 1 aromatic carbocycles. The van der Waals surface area contributed by atoms with E-state index in [1.165, 1.54) is 4.90 Å². The zero-order chi connectivity index (χ0) is 18.0. The highest BCUT2D eigenvalue weighted by Gasteiger charge is 2.38. The van der Waals surface area contributed by atoms with Crippen LogP contribution in [0.25, 0.3) is 0 Å². The predicted molar refractivity (Wildman–Crippen MR) is 88.7 cm³/mol. The molecular weight excluding hydrogens is 324 g/mol. The van der Waals surface area contributed by atoms with Crippen molar-refractivity contribution < 1.29 is 24.2 Å². The zero-order valence-electron chi connectivity index (χ0n) is 14.2. The van der Waals surface area contributed by atoms with Crippen molar-refractivity contribution in [2.45, 2.75) is 26.0 Å². The molecule has 2 atom stereocenters. The van der Waals surface area contributed by atoms with Gasteiger partial charge in [0.05, 0.1) is 19.1 Å². The first-order chi connectivity index (χ1) is 11.9. The van der Waals surface area contributed by atoms with Crippen molar-refractivity contribution in [3.05, 3.63) is 35.4 Å². The normalized spacial score (nSPS) is 23.8. The molecule has 1 N–H and O–H groups in total. The smallest absolute Gasteiger partial charge is 0.334 e. The van der Waals surface area contributed by atoms with Crippen LogP contribution in [0.3, 0.4) is 0 Å². The van der Waals surface area contributed by atoms with Gasteiger partial charge in [-0.3, -0.25) is 9.59 Å². The topological polar surface area (TPSA) is 87.2 Å². The molecule has 1 aromatic rings. The second-order valence-corrected chi connectivity index (χ2v) is 6.64. The third-order valence-electron chi connectivity index (χ3n) is 4.71.